The number of hydroxylamine groups is 2. The Bertz CT molecular complexity index is 866. The lowest BCUT2D eigenvalue weighted by Gasteiger charge is -2.52. The summed E-state index contributed by atoms with van der Waals surface area (Å²) in [5.74, 6) is 0. The van der Waals surface area contributed by atoms with Crippen molar-refractivity contribution in [3.8, 4) is 0 Å². The predicted molar refractivity (Wildman–Crippen MR) is 123 cm³/mol. The monoisotopic (exact) mass is 400 g/mol. The number of hydrogen-bond donors (Lipinski definition) is 0. The second-order valence-corrected chi connectivity index (χ2v) is 7.17. The normalized spacial score (nSPS) is 16.1. The Kier molecular flexibility index (Phi) is 6.72. The molecule has 0 bridgehead atoms. The average Bonchev–Trinajstić information content (AvgIpc) is 2.84. The maximum absolute atomic E-state index is 6.49. The highest BCUT2D eigenvalue weighted by Gasteiger charge is 2.47. The summed E-state index contributed by atoms with van der Waals surface area (Å²) in [7, 11) is -1.28. The molecule has 0 amide bonds. The minimum absolute atomic E-state index is 0.638. The van der Waals surface area contributed by atoms with Crippen molar-refractivity contribution >= 4 is 37.4 Å². The molecule has 0 radical (unpaired) electrons. The molecule has 152 valence electrons. The third kappa shape index (κ3) is 4.53. The fourth-order valence-corrected chi connectivity index (χ4v) is 3.59. The summed E-state index contributed by atoms with van der Waals surface area (Å²) in [5, 5.41) is 1.85. The van der Waals surface area contributed by atoms with Crippen LogP contribution in [-0.2, 0) is 18.5 Å². The molecule has 1 aliphatic heterocycles. The molecule has 0 saturated carbocycles. The van der Waals surface area contributed by atoms with Gasteiger partial charge in [0.25, 0.3) is 0 Å². The number of benzene rings is 3. The SMILES string of the molecule is CCN(CC)O[B-]1(c2ccccc2)OB(c2ccccc2)OB(c2ccccc2)O1. The molecule has 4 rings (SSSR count). The van der Waals surface area contributed by atoms with Gasteiger partial charge in [0.05, 0.1) is 0 Å². The van der Waals surface area contributed by atoms with E-state index < -0.39 is 21.0 Å². The van der Waals surface area contributed by atoms with E-state index in [0.29, 0.717) is 13.1 Å². The lowest BCUT2D eigenvalue weighted by atomic mass is 9.57. The molecule has 8 heteroatoms. The van der Waals surface area contributed by atoms with E-state index in [1.807, 2.05) is 110 Å². The Morgan fingerprint density at radius 3 is 1.57 bits per heavy atom. The topological polar surface area (TPSA) is 40.2 Å². The van der Waals surface area contributed by atoms with E-state index in [4.69, 9.17) is 18.5 Å². The van der Waals surface area contributed by atoms with Crippen molar-refractivity contribution in [2.75, 3.05) is 13.1 Å². The van der Waals surface area contributed by atoms with E-state index in [0.717, 1.165) is 16.4 Å². The van der Waals surface area contributed by atoms with Gasteiger partial charge < -0.3 is 18.5 Å². The first-order chi connectivity index (χ1) is 14.7. The molecule has 1 saturated heterocycles. The molecule has 30 heavy (non-hydrogen) atoms. The van der Waals surface area contributed by atoms with Gasteiger partial charge in [-0.05, 0) is 10.9 Å². The molecule has 1 heterocycles. The third-order valence-corrected chi connectivity index (χ3v) is 5.20. The Hall–Kier alpha value is -2.35. The fourth-order valence-electron chi connectivity index (χ4n) is 3.59. The van der Waals surface area contributed by atoms with Crippen molar-refractivity contribution in [1.82, 2.24) is 5.06 Å². The van der Waals surface area contributed by atoms with E-state index >= 15 is 0 Å². The standard InChI is InChI=1S/C22H25B3NO4/c1-3-26(4-2)30-25(22-18-12-7-13-19-22)28-23(20-14-8-5-9-15-20)27-24(29-25)21-16-10-6-11-17-21/h5-19H,3-4H2,1-2H3/q-1. The molecule has 1 aliphatic rings. The lowest BCUT2D eigenvalue weighted by molar-refractivity contribution is -0.0956. The van der Waals surface area contributed by atoms with Crippen LogP contribution in [0.4, 0.5) is 0 Å². The molecule has 1 fully saturated rings. The van der Waals surface area contributed by atoms with Crippen molar-refractivity contribution in [3.63, 3.8) is 0 Å². The number of hydrogen-bond acceptors (Lipinski definition) is 5. The first-order valence-corrected chi connectivity index (χ1v) is 10.5. The molecule has 0 unspecified atom stereocenters. The summed E-state index contributed by atoms with van der Waals surface area (Å²) >= 11 is 0. The predicted octanol–water partition coefficient (Wildman–Crippen LogP) is 1.96. The summed E-state index contributed by atoms with van der Waals surface area (Å²) in [6.45, 7) is 3.18. The number of nitrogens with zero attached hydrogens (tertiary/aromatic N) is 1. The van der Waals surface area contributed by atoms with Crippen LogP contribution in [0.1, 0.15) is 13.8 Å². The number of rotatable bonds is 7. The van der Waals surface area contributed by atoms with Crippen molar-refractivity contribution < 1.29 is 18.5 Å². The van der Waals surface area contributed by atoms with E-state index in [1.54, 1.807) is 0 Å². The largest absolute Gasteiger partial charge is 0.581 e. The summed E-state index contributed by atoms with van der Waals surface area (Å²) < 4.78 is 25.7. The molecular weight excluding hydrogens is 375 g/mol. The van der Waals surface area contributed by atoms with Gasteiger partial charge in [0.2, 0.25) is 0 Å². The summed E-state index contributed by atoms with van der Waals surface area (Å²) in [4.78, 5) is 0. The first kappa shape index (κ1) is 20.9. The Morgan fingerprint density at radius 2 is 1.13 bits per heavy atom. The van der Waals surface area contributed by atoms with Crippen LogP contribution in [0.15, 0.2) is 91.0 Å². The second kappa shape index (κ2) is 9.64. The van der Waals surface area contributed by atoms with E-state index in [-0.39, 0.29) is 0 Å². The summed E-state index contributed by atoms with van der Waals surface area (Å²) in [6.07, 6.45) is 0. The first-order valence-electron chi connectivity index (χ1n) is 10.5. The molecule has 5 nitrogen and oxygen atoms in total. The zero-order valence-electron chi connectivity index (χ0n) is 17.4. The van der Waals surface area contributed by atoms with Gasteiger partial charge in [-0.25, -0.2) is 5.06 Å². The van der Waals surface area contributed by atoms with Crippen molar-refractivity contribution in [2.45, 2.75) is 13.8 Å². The maximum Gasteiger partial charge on any atom is 0.437 e. The quantitative estimate of drug-likeness (QED) is 0.448. The molecular formula is C22H25B3NO4-. The molecule has 0 atom stereocenters. The van der Waals surface area contributed by atoms with Crippen LogP contribution in [0.5, 0.6) is 0 Å². The zero-order chi connectivity index (χ0) is 20.8. The van der Waals surface area contributed by atoms with Crippen LogP contribution in [0, 0.1) is 0 Å². The van der Waals surface area contributed by atoms with Gasteiger partial charge in [-0.1, -0.05) is 105 Å². The Balaban J connectivity index is 1.79. The lowest BCUT2D eigenvalue weighted by Crippen LogP contribution is -2.72. The third-order valence-electron chi connectivity index (χ3n) is 5.20. The summed E-state index contributed by atoms with van der Waals surface area (Å²) in [6, 6.07) is 29.6. The van der Waals surface area contributed by atoms with Crippen LogP contribution in [0.3, 0.4) is 0 Å². The van der Waals surface area contributed by atoms with Gasteiger partial charge in [0, 0.05) is 13.1 Å². The van der Waals surface area contributed by atoms with Crippen molar-refractivity contribution in [3.05, 3.63) is 91.0 Å². The minimum atomic E-state index is -2.31. The van der Waals surface area contributed by atoms with E-state index in [9.17, 15) is 0 Å². The summed E-state index contributed by atoms with van der Waals surface area (Å²) in [5.41, 5.74) is 2.65. The second-order valence-electron chi connectivity index (χ2n) is 7.17. The van der Waals surface area contributed by atoms with Gasteiger partial charge in [-0.2, -0.15) is 0 Å². The van der Waals surface area contributed by atoms with E-state index in [1.165, 1.54) is 0 Å². The maximum atomic E-state index is 6.49. The Morgan fingerprint density at radius 1 is 0.700 bits per heavy atom. The minimum Gasteiger partial charge on any atom is -0.581 e. The fraction of sp³-hybridized carbons (Fsp3) is 0.182. The van der Waals surface area contributed by atoms with Crippen molar-refractivity contribution in [1.29, 1.82) is 0 Å². The van der Waals surface area contributed by atoms with Gasteiger partial charge >= 0.3 is 21.0 Å². The highest BCUT2D eigenvalue weighted by Crippen LogP contribution is 2.21. The molecule has 3 aromatic carbocycles. The molecule has 0 aliphatic carbocycles. The van der Waals surface area contributed by atoms with E-state index in [2.05, 4.69) is 0 Å². The van der Waals surface area contributed by atoms with Crippen LogP contribution in [0.2, 0.25) is 0 Å². The van der Waals surface area contributed by atoms with Gasteiger partial charge in [0.1, 0.15) is 0 Å². The Labute approximate surface area is 179 Å². The van der Waals surface area contributed by atoms with Crippen LogP contribution in [0.25, 0.3) is 0 Å². The van der Waals surface area contributed by atoms with Gasteiger partial charge in [0.15, 0.2) is 0 Å². The molecule has 3 aromatic rings. The average molecular weight is 400 g/mol. The van der Waals surface area contributed by atoms with Crippen LogP contribution in [-0.4, -0.2) is 39.1 Å². The molecule has 0 spiro atoms. The molecule has 0 N–H and O–H groups in total. The van der Waals surface area contributed by atoms with Gasteiger partial charge in [-0.15, -0.1) is 5.46 Å². The highest BCUT2D eigenvalue weighted by molar-refractivity contribution is 6.92. The van der Waals surface area contributed by atoms with Crippen LogP contribution < -0.4 is 16.4 Å². The van der Waals surface area contributed by atoms with Crippen molar-refractivity contribution in [2.24, 2.45) is 0 Å². The van der Waals surface area contributed by atoms with Crippen LogP contribution >= 0.6 is 0 Å². The van der Waals surface area contributed by atoms with Gasteiger partial charge in [-0.3, -0.25) is 0 Å². The zero-order valence-corrected chi connectivity index (χ0v) is 17.4. The smallest absolute Gasteiger partial charge is 0.437 e. The molecule has 0 aromatic heterocycles. The highest BCUT2D eigenvalue weighted by atomic mass is 16.9.